The summed E-state index contributed by atoms with van der Waals surface area (Å²) in [5, 5.41) is 13.1. The van der Waals surface area contributed by atoms with Crippen molar-refractivity contribution < 1.29 is 14.3 Å². The van der Waals surface area contributed by atoms with Gasteiger partial charge in [-0.2, -0.15) is 5.26 Å². The Morgan fingerprint density at radius 3 is 2.30 bits per heavy atom. The van der Waals surface area contributed by atoms with Gasteiger partial charge in [0.2, 0.25) is 5.91 Å². The molecule has 0 spiro atoms. The molecule has 0 saturated carbocycles. The second kappa shape index (κ2) is 11.6. The van der Waals surface area contributed by atoms with Crippen molar-refractivity contribution in [2.24, 2.45) is 0 Å². The summed E-state index contributed by atoms with van der Waals surface area (Å²) in [7, 11) is 3.15. The number of nitriles is 1. The molecular formula is C30H27N3O3S. The van der Waals surface area contributed by atoms with Crippen molar-refractivity contribution in [3.8, 4) is 40.0 Å². The van der Waals surface area contributed by atoms with Crippen LogP contribution in [0.15, 0.2) is 83.9 Å². The van der Waals surface area contributed by atoms with Gasteiger partial charge in [-0.25, -0.2) is 4.98 Å². The van der Waals surface area contributed by atoms with Crippen molar-refractivity contribution >= 4 is 23.4 Å². The fourth-order valence-corrected chi connectivity index (χ4v) is 4.73. The number of hydrogen-bond acceptors (Lipinski definition) is 6. The molecule has 1 N–H and O–H groups in total. The molecule has 7 heteroatoms. The highest BCUT2D eigenvalue weighted by atomic mass is 32.2. The Kier molecular flexibility index (Phi) is 8.11. The highest BCUT2D eigenvalue weighted by Gasteiger charge is 2.22. The first-order valence-corrected chi connectivity index (χ1v) is 12.6. The molecule has 3 aromatic carbocycles. The fraction of sp³-hybridized carbons (Fsp3) is 0.167. The molecule has 0 unspecified atom stereocenters. The average molecular weight is 510 g/mol. The highest BCUT2D eigenvalue weighted by molar-refractivity contribution is 8.00. The van der Waals surface area contributed by atoms with Crippen molar-refractivity contribution in [2.75, 3.05) is 19.5 Å². The molecule has 1 atom stereocenters. The Hall–Kier alpha value is -4.28. The van der Waals surface area contributed by atoms with E-state index < -0.39 is 5.25 Å². The number of carbonyl (C=O) groups is 1. The van der Waals surface area contributed by atoms with Crippen molar-refractivity contribution in [3.05, 3.63) is 90.0 Å². The first kappa shape index (κ1) is 25.8. The van der Waals surface area contributed by atoms with Gasteiger partial charge in [-0.1, -0.05) is 65.9 Å². The Morgan fingerprint density at radius 2 is 1.65 bits per heavy atom. The summed E-state index contributed by atoms with van der Waals surface area (Å²) in [6.45, 7) is 3.80. The summed E-state index contributed by atoms with van der Waals surface area (Å²) in [6.07, 6.45) is 0. The molecule has 1 aromatic heterocycles. The number of amides is 1. The molecule has 186 valence electrons. The van der Waals surface area contributed by atoms with E-state index in [1.165, 1.54) is 11.8 Å². The molecule has 0 aliphatic carbocycles. The number of nitrogens with zero attached hydrogens (tertiary/aromatic N) is 2. The molecule has 0 bridgehead atoms. The Morgan fingerprint density at radius 1 is 0.946 bits per heavy atom. The molecule has 1 heterocycles. The third kappa shape index (κ3) is 5.93. The van der Waals surface area contributed by atoms with E-state index in [0.717, 1.165) is 22.4 Å². The maximum absolute atomic E-state index is 13.0. The lowest BCUT2D eigenvalue weighted by Gasteiger charge is -2.17. The molecule has 0 radical (unpaired) electrons. The number of hydrogen-bond donors (Lipinski definition) is 1. The zero-order valence-corrected chi connectivity index (χ0v) is 21.9. The van der Waals surface area contributed by atoms with Crippen molar-refractivity contribution in [2.45, 2.75) is 24.1 Å². The van der Waals surface area contributed by atoms with Gasteiger partial charge in [0.25, 0.3) is 0 Å². The van der Waals surface area contributed by atoms with E-state index in [2.05, 4.69) is 11.4 Å². The summed E-state index contributed by atoms with van der Waals surface area (Å²) in [5.41, 5.74) is 5.33. The van der Waals surface area contributed by atoms with Gasteiger partial charge in [-0.3, -0.25) is 4.79 Å². The third-order valence-electron chi connectivity index (χ3n) is 5.84. The van der Waals surface area contributed by atoms with Crippen LogP contribution in [0.25, 0.3) is 22.4 Å². The number of carbonyl (C=O) groups excluding carboxylic acids is 1. The van der Waals surface area contributed by atoms with Crippen LogP contribution < -0.4 is 14.8 Å². The van der Waals surface area contributed by atoms with Crippen LogP contribution in [-0.4, -0.2) is 30.4 Å². The smallest absolute Gasteiger partial charge is 0.237 e. The largest absolute Gasteiger partial charge is 0.493 e. The van der Waals surface area contributed by atoms with Crippen LogP contribution in [0.3, 0.4) is 0 Å². The van der Waals surface area contributed by atoms with Crippen LogP contribution in [0.4, 0.5) is 5.69 Å². The minimum Gasteiger partial charge on any atom is -0.493 e. The molecule has 1 amide bonds. The predicted molar refractivity (Wildman–Crippen MR) is 148 cm³/mol. The van der Waals surface area contributed by atoms with Gasteiger partial charge in [0.15, 0.2) is 11.5 Å². The van der Waals surface area contributed by atoms with Gasteiger partial charge < -0.3 is 14.8 Å². The lowest BCUT2D eigenvalue weighted by atomic mass is 9.99. The molecular weight excluding hydrogens is 482 g/mol. The minimum atomic E-state index is -0.495. The number of pyridine rings is 1. The third-order valence-corrected chi connectivity index (χ3v) is 6.93. The van der Waals surface area contributed by atoms with Crippen LogP contribution in [0.1, 0.15) is 18.1 Å². The number of ether oxygens (including phenoxy) is 2. The number of nitrogens with one attached hydrogen (secondary N) is 1. The van der Waals surface area contributed by atoms with E-state index in [0.29, 0.717) is 33.3 Å². The predicted octanol–water partition coefficient (Wildman–Crippen LogP) is 6.73. The zero-order chi connectivity index (χ0) is 26.4. The SMILES string of the molecule is COc1ccc(-c2cc(-c3ccccc3)nc(S[C@@H](C)C(=O)Nc3ccc(C)cc3)c2C#N)cc1OC. The Labute approximate surface area is 221 Å². The second-order valence-electron chi connectivity index (χ2n) is 8.40. The molecule has 0 saturated heterocycles. The van der Waals surface area contributed by atoms with Gasteiger partial charge in [0.1, 0.15) is 11.1 Å². The quantitative estimate of drug-likeness (QED) is 0.265. The molecule has 4 rings (SSSR count). The summed E-state index contributed by atoms with van der Waals surface area (Å²) in [4.78, 5) is 17.8. The zero-order valence-electron chi connectivity index (χ0n) is 21.1. The van der Waals surface area contributed by atoms with Gasteiger partial charge in [-0.05, 0) is 49.7 Å². The standard InChI is InChI=1S/C30H27N3O3S/c1-19-10-13-23(14-11-19)32-29(34)20(2)37-30-25(18-31)24(17-26(33-30)21-8-6-5-7-9-21)22-12-15-27(35-3)28(16-22)36-4/h5-17,20H,1-4H3,(H,32,34)/t20-/m0/s1. The molecule has 0 aliphatic heterocycles. The number of aryl methyl sites for hydroxylation is 1. The molecule has 6 nitrogen and oxygen atoms in total. The normalized spacial score (nSPS) is 11.3. The maximum atomic E-state index is 13.0. The van der Waals surface area contributed by atoms with E-state index in [1.54, 1.807) is 14.2 Å². The van der Waals surface area contributed by atoms with Gasteiger partial charge in [0.05, 0.1) is 30.7 Å². The summed E-state index contributed by atoms with van der Waals surface area (Å²) in [5.74, 6) is 0.984. The van der Waals surface area contributed by atoms with Crippen LogP contribution >= 0.6 is 11.8 Å². The number of benzene rings is 3. The maximum Gasteiger partial charge on any atom is 0.237 e. The topological polar surface area (TPSA) is 84.2 Å². The van der Waals surface area contributed by atoms with Crippen LogP contribution in [-0.2, 0) is 4.79 Å². The van der Waals surface area contributed by atoms with E-state index in [4.69, 9.17) is 14.5 Å². The first-order chi connectivity index (χ1) is 17.9. The van der Waals surface area contributed by atoms with Crippen LogP contribution in [0, 0.1) is 18.3 Å². The van der Waals surface area contributed by atoms with Crippen molar-refractivity contribution in [1.82, 2.24) is 4.98 Å². The lowest BCUT2D eigenvalue weighted by Crippen LogP contribution is -2.22. The van der Waals surface area contributed by atoms with Crippen molar-refractivity contribution in [1.29, 1.82) is 5.26 Å². The summed E-state index contributed by atoms with van der Waals surface area (Å²) < 4.78 is 10.9. The molecule has 0 fully saturated rings. The van der Waals surface area contributed by atoms with Crippen LogP contribution in [0.2, 0.25) is 0 Å². The number of rotatable bonds is 8. The van der Waals surface area contributed by atoms with Gasteiger partial charge in [0, 0.05) is 16.8 Å². The molecule has 4 aromatic rings. The van der Waals surface area contributed by atoms with Crippen LogP contribution in [0.5, 0.6) is 11.5 Å². The lowest BCUT2D eigenvalue weighted by molar-refractivity contribution is -0.115. The first-order valence-electron chi connectivity index (χ1n) is 11.7. The fourth-order valence-electron chi connectivity index (χ4n) is 3.80. The van der Waals surface area contributed by atoms with Crippen molar-refractivity contribution in [3.63, 3.8) is 0 Å². The average Bonchev–Trinajstić information content (AvgIpc) is 2.93. The number of aromatic nitrogens is 1. The Balaban J connectivity index is 1.76. The van der Waals surface area contributed by atoms with E-state index in [-0.39, 0.29) is 5.91 Å². The van der Waals surface area contributed by atoms with E-state index >= 15 is 0 Å². The summed E-state index contributed by atoms with van der Waals surface area (Å²) in [6, 6.07) is 27.1. The second-order valence-corrected chi connectivity index (χ2v) is 9.73. The minimum absolute atomic E-state index is 0.169. The molecule has 37 heavy (non-hydrogen) atoms. The van der Waals surface area contributed by atoms with Gasteiger partial charge in [-0.15, -0.1) is 0 Å². The van der Waals surface area contributed by atoms with Gasteiger partial charge >= 0.3 is 0 Å². The monoisotopic (exact) mass is 509 g/mol. The van der Waals surface area contributed by atoms with E-state index in [1.807, 2.05) is 92.7 Å². The Bertz CT molecular complexity index is 1450. The number of anilines is 1. The summed E-state index contributed by atoms with van der Waals surface area (Å²) >= 11 is 1.26. The van der Waals surface area contributed by atoms with E-state index in [9.17, 15) is 10.1 Å². The molecule has 0 aliphatic rings. The number of methoxy groups -OCH3 is 2. The number of thioether (sulfide) groups is 1. The highest BCUT2D eigenvalue weighted by Crippen LogP contribution is 2.39.